The molecule has 3 aliphatic carbocycles. The number of ether oxygens (including phenoxy) is 1. The number of nitrogens with zero attached hydrogens (tertiary/aromatic N) is 1. The Balaban J connectivity index is 1.38. The number of ketones is 2. The molecule has 1 saturated carbocycles. The Morgan fingerprint density at radius 3 is 2.15 bits per heavy atom. The van der Waals surface area contributed by atoms with Gasteiger partial charge in [-0.1, -0.05) is 96.6 Å². The zero-order valence-electron chi connectivity index (χ0n) is 26.3. The summed E-state index contributed by atoms with van der Waals surface area (Å²) in [6.45, 7) is 0. The first-order valence-corrected chi connectivity index (χ1v) is 16.3. The van der Waals surface area contributed by atoms with Gasteiger partial charge in [-0.3, -0.25) is 24.1 Å². The van der Waals surface area contributed by atoms with Gasteiger partial charge in [-0.05, 0) is 65.8 Å². The molecule has 2 amide bonds. The molecule has 1 heterocycles. The van der Waals surface area contributed by atoms with Gasteiger partial charge in [0.15, 0.2) is 23.1 Å². The second kappa shape index (κ2) is 11.3. The van der Waals surface area contributed by atoms with Crippen molar-refractivity contribution in [1.29, 1.82) is 0 Å². The Hall–Kier alpha value is -5.56. The Bertz CT molecular complexity index is 2040. The minimum Gasteiger partial charge on any atom is -0.504 e. The molecular formula is C41H33NO6. The lowest BCUT2D eigenvalue weighted by Crippen LogP contribution is -2.58. The van der Waals surface area contributed by atoms with Crippen molar-refractivity contribution >= 4 is 34.6 Å². The van der Waals surface area contributed by atoms with E-state index in [4.69, 9.17) is 4.74 Å². The summed E-state index contributed by atoms with van der Waals surface area (Å²) in [5.74, 6) is -3.98. The fourth-order valence-corrected chi connectivity index (χ4v) is 8.95. The van der Waals surface area contributed by atoms with Crippen LogP contribution in [0, 0.1) is 23.7 Å². The topological polar surface area (TPSA) is 101 Å². The summed E-state index contributed by atoms with van der Waals surface area (Å²) in [4.78, 5) is 59.7. The van der Waals surface area contributed by atoms with Crippen molar-refractivity contribution in [3.63, 3.8) is 0 Å². The van der Waals surface area contributed by atoms with E-state index in [0.717, 1.165) is 5.57 Å². The van der Waals surface area contributed by atoms with Crippen LogP contribution in [0.25, 0.3) is 5.57 Å². The molecule has 7 heteroatoms. The van der Waals surface area contributed by atoms with E-state index in [1.54, 1.807) is 42.5 Å². The fraction of sp³-hybridized carbons (Fsp3) is 0.220. The summed E-state index contributed by atoms with van der Waals surface area (Å²) in [5.41, 5.74) is 2.42. The third kappa shape index (κ3) is 4.20. The van der Waals surface area contributed by atoms with E-state index in [1.807, 2.05) is 72.8 Å². The molecule has 0 spiro atoms. The molecule has 0 bridgehead atoms. The maximum atomic E-state index is 15.1. The average molecular weight is 636 g/mol. The van der Waals surface area contributed by atoms with Gasteiger partial charge in [-0.2, -0.15) is 0 Å². The third-order valence-corrected chi connectivity index (χ3v) is 10.9. The Labute approximate surface area is 278 Å². The van der Waals surface area contributed by atoms with Crippen LogP contribution in [0.4, 0.5) is 5.69 Å². The van der Waals surface area contributed by atoms with Gasteiger partial charge in [-0.25, -0.2) is 0 Å². The van der Waals surface area contributed by atoms with Crippen LogP contribution >= 0.6 is 0 Å². The zero-order chi connectivity index (χ0) is 33.2. The maximum absolute atomic E-state index is 15.1. The Morgan fingerprint density at radius 1 is 0.792 bits per heavy atom. The number of allylic oxidation sites excluding steroid dienone is 4. The van der Waals surface area contributed by atoms with Crippen LogP contribution in [0.3, 0.4) is 0 Å². The number of hydrogen-bond donors (Lipinski definition) is 1. The quantitative estimate of drug-likeness (QED) is 0.200. The van der Waals surface area contributed by atoms with E-state index in [0.29, 0.717) is 34.4 Å². The molecule has 8 rings (SSSR count). The van der Waals surface area contributed by atoms with Crippen molar-refractivity contribution in [2.45, 2.75) is 24.2 Å². The first kappa shape index (κ1) is 29.8. The van der Waals surface area contributed by atoms with Crippen LogP contribution in [0.2, 0.25) is 0 Å². The predicted octanol–water partition coefficient (Wildman–Crippen LogP) is 6.43. The highest BCUT2D eigenvalue weighted by atomic mass is 16.5. The molecule has 4 aromatic carbocycles. The molecule has 2 fully saturated rings. The van der Waals surface area contributed by atoms with Gasteiger partial charge in [0.05, 0.1) is 30.0 Å². The molecule has 1 N–H and O–H groups in total. The SMILES string of the molecule is COc1cc(C2C3=CCC4C(=O)N(c5ccccc5)C(=O)C4C3CC3C(=O)C(c4ccccc4)=CC(=O)C32c2ccccc2)ccc1O. The zero-order valence-corrected chi connectivity index (χ0v) is 26.3. The lowest BCUT2D eigenvalue weighted by atomic mass is 9.44. The Morgan fingerprint density at radius 2 is 1.46 bits per heavy atom. The van der Waals surface area contributed by atoms with Gasteiger partial charge >= 0.3 is 0 Å². The molecule has 6 unspecified atom stereocenters. The smallest absolute Gasteiger partial charge is 0.238 e. The largest absolute Gasteiger partial charge is 0.504 e. The van der Waals surface area contributed by atoms with Crippen molar-refractivity contribution in [1.82, 2.24) is 0 Å². The number of anilines is 1. The number of fused-ring (bicyclic) bond motifs is 4. The van der Waals surface area contributed by atoms with E-state index in [2.05, 4.69) is 0 Å². The second-order valence-electron chi connectivity index (χ2n) is 13.1. The number of hydrogen-bond acceptors (Lipinski definition) is 6. The van der Waals surface area contributed by atoms with Crippen molar-refractivity contribution in [2.75, 3.05) is 12.0 Å². The van der Waals surface area contributed by atoms with E-state index < -0.39 is 35.0 Å². The van der Waals surface area contributed by atoms with E-state index in [9.17, 15) is 19.5 Å². The summed E-state index contributed by atoms with van der Waals surface area (Å²) < 4.78 is 5.53. The van der Waals surface area contributed by atoms with Gasteiger partial charge in [-0.15, -0.1) is 0 Å². The summed E-state index contributed by atoms with van der Waals surface area (Å²) in [5, 5.41) is 10.6. The monoisotopic (exact) mass is 635 g/mol. The number of imide groups is 1. The van der Waals surface area contributed by atoms with Crippen LogP contribution < -0.4 is 9.64 Å². The highest BCUT2D eigenvalue weighted by Crippen LogP contribution is 2.64. The van der Waals surface area contributed by atoms with E-state index >= 15 is 4.79 Å². The molecule has 4 aromatic rings. The molecule has 0 aromatic heterocycles. The number of carbonyl (C=O) groups excluding carboxylic acids is 4. The predicted molar refractivity (Wildman–Crippen MR) is 180 cm³/mol. The molecule has 4 aliphatic rings. The number of rotatable bonds is 5. The summed E-state index contributed by atoms with van der Waals surface area (Å²) in [7, 11) is 1.47. The summed E-state index contributed by atoms with van der Waals surface area (Å²) >= 11 is 0. The molecular weight excluding hydrogens is 602 g/mol. The number of phenols is 1. The van der Waals surface area contributed by atoms with Crippen molar-refractivity contribution in [3.05, 3.63) is 144 Å². The summed E-state index contributed by atoms with van der Waals surface area (Å²) in [6, 6.07) is 32.6. The third-order valence-electron chi connectivity index (χ3n) is 10.9. The molecule has 7 nitrogen and oxygen atoms in total. The number of benzene rings is 4. The molecule has 48 heavy (non-hydrogen) atoms. The molecule has 1 aliphatic heterocycles. The van der Waals surface area contributed by atoms with Gasteiger partial charge in [0, 0.05) is 17.4 Å². The lowest BCUT2D eigenvalue weighted by Gasteiger charge is -2.55. The normalized spacial score (nSPS) is 27.9. The molecule has 0 radical (unpaired) electrons. The molecule has 238 valence electrons. The second-order valence-corrected chi connectivity index (χ2v) is 13.1. The lowest BCUT2D eigenvalue weighted by molar-refractivity contribution is -0.135. The number of para-hydroxylation sites is 1. The number of methoxy groups -OCH3 is 1. The van der Waals surface area contributed by atoms with Crippen molar-refractivity contribution in [2.24, 2.45) is 23.7 Å². The van der Waals surface area contributed by atoms with Crippen molar-refractivity contribution in [3.8, 4) is 11.5 Å². The highest BCUT2D eigenvalue weighted by Gasteiger charge is 2.66. The van der Waals surface area contributed by atoms with E-state index in [1.165, 1.54) is 18.1 Å². The average Bonchev–Trinajstić information content (AvgIpc) is 3.39. The highest BCUT2D eigenvalue weighted by molar-refractivity contribution is 6.32. The van der Waals surface area contributed by atoms with Crippen LogP contribution in [-0.4, -0.2) is 35.6 Å². The first-order chi connectivity index (χ1) is 23.4. The number of amides is 2. The van der Waals surface area contributed by atoms with Crippen LogP contribution in [0.5, 0.6) is 11.5 Å². The van der Waals surface area contributed by atoms with E-state index in [-0.39, 0.29) is 41.3 Å². The standard InChI is InChI=1S/C41H33NO6/c1-48-34-21-25(17-20-33(34)43)37-28-18-19-29-36(40(47)42(39(29)46)27-15-9-4-10-16-27)31(28)22-32-38(45)30(24-11-5-2-6-12-24)23-35(44)41(32,37)26-13-7-3-8-14-26/h2-18,20-21,23,29,31-32,36-37,43H,19,22H2,1H3. The van der Waals surface area contributed by atoms with Gasteiger partial charge in [0.1, 0.15) is 0 Å². The summed E-state index contributed by atoms with van der Waals surface area (Å²) in [6.07, 6.45) is 4.09. The number of Topliss-reactive ketones (excluding diaryl/α,β-unsaturated/α-hetero) is 1. The first-order valence-electron chi connectivity index (χ1n) is 16.3. The molecule has 1 saturated heterocycles. The maximum Gasteiger partial charge on any atom is 0.238 e. The van der Waals surface area contributed by atoms with Crippen molar-refractivity contribution < 1.29 is 29.0 Å². The fourth-order valence-electron chi connectivity index (χ4n) is 8.95. The number of phenolic OH excluding ortho intramolecular Hbond substituents is 1. The minimum absolute atomic E-state index is 0.0519. The number of carbonyl (C=O) groups is 4. The molecule has 6 atom stereocenters. The van der Waals surface area contributed by atoms with Crippen LogP contribution in [-0.2, 0) is 24.6 Å². The minimum atomic E-state index is -1.35. The Kier molecular flexibility index (Phi) is 7.02. The van der Waals surface area contributed by atoms with Gasteiger partial charge in [0.2, 0.25) is 11.8 Å². The van der Waals surface area contributed by atoms with Crippen LogP contribution in [0.15, 0.2) is 127 Å². The van der Waals surface area contributed by atoms with Gasteiger partial charge in [0.25, 0.3) is 0 Å². The van der Waals surface area contributed by atoms with Crippen LogP contribution in [0.1, 0.15) is 35.4 Å². The number of aromatic hydroxyl groups is 1. The van der Waals surface area contributed by atoms with Gasteiger partial charge < -0.3 is 9.84 Å².